The van der Waals surface area contributed by atoms with Gasteiger partial charge in [0.1, 0.15) is 11.6 Å². The standard InChI is InChI=1S/C24H24B2F4N6O2/c1-12-20(17-7-6-16(27)10-31-17)21(34-35(12)4)22(37)36-18(13(2)38-14(3)23(36,25)26)11-33-19-8-5-15(9-32-19)24(28,29)30/h5-10,13-14,18H,11H2,1-4H3,(H,32,33)/t13-,14+,18+/m0/s1. The molecule has 4 heterocycles. The predicted molar refractivity (Wildman–Crippen MR) is 133 cm³/mol. The van der Waals surface area contributed by atoms with Gasteiger partial charge in [0.15, 0.2) is 5.69 Å². The number of carbonyl (C=O) groups excluding carboxylic acids is 1. The largest absolute Gasteiger partial charge is 0.417 e. The highest BCUT2D eigenvalue weighted by Crippen LogP contribution is 2.34. The van der Waals surface area contributed by atoms with Gasteiger partial charge < -0.3 is 15.0 Å². The van der Waals surface area contributed by atoms with E-state index in [1.807, 2.05) is 0 Å². The van der Waals surface area contributed by atoms with E-state index in [1.54, 1.807) is 27.8 Å². The van der Waals surface area contributed by atoms with E-state index in [0.29, 0.717) is 23.1 Å². The van der Waals surface area contributed by atoms with Crippen LogP contribution in [0.4, 0.5) is 23.4 Å². The molecule has 1 fully saturated rings. The van der Waals surface area contributed by atoms with E-state index in [2.05, 4.69) is 20.4 Å². The third kappa shape index (κ3) is 5.13. The number of carbonyl (C=O) groups is 1. The van der Waals surface area contributed by atoms with E-state index in [4.69, 9.17) is 20.4 Å². The van der Waals surface area contributed by atoms with Crippen LogP contribution in [0.15, 0.2) is 36.7 Å². The zero-order chi connectivity index (χ0) is 28.0. The second-order valence-corrected chi connectivity index (χ2v) is 9.22. The van der Waals surface area contributed by atoms with Crippen LogP contribution in [0.3, 0.4) is 0 Å². The van der Waals surface area contributed by atoms with Gasteiger partial charge >= 0.3 is 6.18 Å². The molecule has 4 radical (unpaired) electrons. The maximum atomic E-state index is 14.1. The lowest BCUT2D eigenvalue weighted by Gasteiger charge is -2.54. The molecule has 1 N–H and O–H groups in total. The van der Waals surface area contributed by atoms with Crippen LogP contribution in [0.5, 0.6) is 0 Å². The number of hydrogen-bond donors (Lipinski definition) is 1. The zero-order valence-electron chi connectivity index (χ0n) is 21.1. The Bertz CT molecular complexity index is 1320. The van der Waals surface area contributed by atoms with Crippen molar-refractivity contribution in [1.29, 1.82) is 0 Å². The first-order valence-corrected chi connectivity index (χ1v) is 11.7. The third-order valence-electron chi connectivity index (χ3n) is 6.68. The molecule has 4 rings (SSSR count). The van der Waals surface area contributed by atoms with Crippen LogP contribution in [0.1, 0.15) is 35.6 Å². The number of morpholine rings is 1. The molecular formula is C24H24B2F4N6O2. The molecule has 1 aliphatic rings. The first-order valence-electron chi connectivity index (χ1n) is 11.7. The number of nitrogens with zero attached hydrogens (tertiary/aromatic N) is 5. The lowest BCUT2D eigenvalue weighted by molar-refractivity contribution is -0.137. The van der Waals surface area contributed by atoms with Crippen LogP contribution >= 0.6 is 0 Å². The van der Waals surface area contributed by atoms with Gasteiger partial charge in [-0.05, 0) is 50.4 Å². The van der Waals surface area contributed by atoms with Gasteiger partial charge in [0, 0.05) is 25.5 Å². The fraction of sp³-hybridized carbons (Fsp3) is 0.417. The molecule has 0 aromatic carbocycles. The highest BCUT2D eigenvalue weighted by Gasteiger charge is 2.48. The number of ether oxygens (including phenoxy) is 1. The van der Waals surface area contributed by atoms with E-state index in [1.165, 1.54) is 27.8 Å². The van der Waals surface area contributed by atoms with Crippen LogP contribution in [-0.4, -0.2) is 76.4 Å². The summed E-state index contributed by atoms with van der Waals surface area (Å²) in [6.07, 6.45) is -4.13. The summed E-state index contributed by atoms with van der Waals surface area (Å²) in [7, 11) is 14.5. The quantitative estimate of drug-likeness (QED) is 0.407. The van der Waals surface area contributed by atoms with Crippen molar-refractivity contribution in [2.75, 3.05) is 11.9 Å². The average Bonchev–Trinajstić information content (AvgIpc) is 3.14. The molecule has 14 heteroatoms. The smallest absolute Gasteiger partial charge is 0.373 e. The Hall–Kier alpha value is -3.41. The summed E-state index contributed by atoms with van der Waals surface area (Å²) in [5, 5.41) is 5.55. The summed E-state index contributed by atoms with van der Waals surface area (Å²) in [5.41, 5.74) is 0.432. The second-order valence-electron chi connectivity index (χ2n) is 9.22. The van der Waals surface area contributed by atoms with Crippen LogP contribution in [0.25, 0.3) is 11.3 Å². The molecule has 196 valence electrons. The molecule has 1 saturated heterocycles. The van der Waals surface area contributed by atoms with Gasteiger partial charge in [-0.25, -0.2) is 9.37 Å². The average molecular weight is 526 g/mol. The van der Waals surface area contributed by atoms with Crippen molar-refractivity contribution >= 4 is 27.4 Å². The normalized spacial score (nSPS) is 21.4. The maximum absolute atomic E-state index is 14.1. The zero-order valence-corrected chi connectivity index (χ0v) is 21.1. The van der Waals surface area contributed by atoms with Gasteiger partial charge in [0.05, 0.1) is 57.0 Å². The molecule has 3 aromatic heterocycles. The first-order chi connectivity index (χ1) is 17.7. The molecule has 0 unspecified atom stereocenters. The third-order valence-corrected chi connectivity index (χ3v) is 6.68. The number of nitrogens with one attached hydrogen (secondary N) is 1. The number of amides is 1. The fourth-order valence-electron chi connectivity index (χ4n) is 4.38. The molecule has 0 spiro atoms. The number of aromatic nitrogens is 4. The van der Waals surface area contributed by atoms with Gasteiger partial charge in [-0.2, -0.15) is 18.3 Å². The molecule has 38 heavy (non-hydrogen) atoms. The van der Waals surface area contributed by atoms with Crippen LogP contribution < -0.4 is 5.32 Å². The summed E-state index contributed by atoms with van der Waals surface area (Å²) < 4.78 is 59.6. The van der Waals surface area contributed by atoms with E-state index in [9.17, 15) is 22.4 Å². The molecule has 3 atom stereocenters. The second kappa shape index (κ2) is 10.0. The molecule has 0 saturated carbocycles. The van der Waals surface area contributed by atoms with Crippen LogP contribution in [0.2, 0.25) is 0 Å². The Kier molecular flexibility index (Phi) is 7.30. The monoisotopic (exact) mass is 526 g/mol. The number of rotatable bonds is 5. The Morgan fingerprint density at radius 2 is 1.87 bits per heavy atom. The Morgan fingerprint density at radius 3 is 2.45 bits per heavy atom. The topological polar surface area (TPSA) is 85.2 Å². The highest BCUT2D eigenvalue weighted by molar-refractivity contribution is 6.41. The minimum absolute atomic E-state index is 0.00309. The summed E-state index contributed by atoms with van der Waals surface area (Å²) >= 11 is 0. The molecule has 0 aliphatic carbocycles. The van der Waals surface area contributed by atoms with Crippen molar-refractivity contribution in [3.8, 4) is 11.3 Å². The van der Waals surface area contributed by atoms with Gasteiger partial charge in [0.25, 0.3) is 5.91 Å². The molecule has 1 amide bonds. The molecule has 1 aliphatic heterocycles. The molecule has 3 aromatic rings. The Morgan fingerprint density at radius 1 is 1.16 bits per heavy atom. The minimum atomic E-state index is -4.52. The Balaban J connectivity index is 1.69. The van der Waals surface area contributed by atoms with Crippen molar-refractivity contribution in [3.05, 3.63) is 59.4 Å². The summed E-state index contributed by atoms with van der Waals surface area (Å²) in [4.78, 5) is 23.3. The SMILES string of the molecule is [B]C1([B])[C@@H](C)O[C@@H](C)[C@@H](CNc2ccc(C(F)(F)F)cn2)N1C(=O)c1nn(C)c(C)c1-c1ccc(F)cn1. The Labute approximate surface area is 219 Å². The highest BCUT2D eigenvalue weighted by atomic mass is 19.4. The lowest BCUT2D eigenvalue weighted by Crippen LogP contribution is -2.71. The van der Waals surface area contributed by atoms with E-state index in [-0.39, 0.29) is 18.1 Å². The molecular weight excluding hydrogens is 502 g/mol. The predicted octanol–water partition coefficient (Wildman–Crippen LogP) is 3.06. The fourth-order valence-corrected chi connectivity index (χ4v) is 4.38. The summed E-state index contributed by atoms with van der Waals surface area (Å²) in [6.45, 7) is 5.10. The van der Waals surface area contributed by atoms with E-state index < -0.39 is 47.1 Å². The van der Waals surface area contributed by atoms with Crippen molar-refractivity contribution in [3.63, 3.8) is 0 Å². The lowest BCUT2D eigenvalue weighted by atomic mass is 9.56. The van der Waals surface area contributed by atoms with Gasteiger partial charge in [0.2, 0.25) is 0 Å². The van der Waals surface area contributed by atoms with Gasteiger partial charge in [-0.3, -0.25) is 14.5 Å². The first kappa shape index (κ1) is 27.6. The van der Waals surface area contributed by atoms with Crippen molar-refractivity contribution in [2.24, 2.45) is 7.05 Å². The minimum Gasteiger partial charge on any atom is -0.373 e. The van der Waals surface area contributed by atoms with Gasteiger partial charge in [-0.15, -0.1) is 0 Å². The molecule has 0 bridgehead atoms. The van der Waals surface area contributed by atoms with Crippen molar-refractivity contribution in [2.45, 2.75) is 50.5 Å². The number of aryl methyl sites for hydroxylation is 1. The van der Waals surface area contributed by atoms with Crippen LogP contribution in [0, 0.1) is 12.7 Å². The van der Waals surface area contributed by atoms with E-state index in [0.717, 1.165) is 12.3 Å². The molecule has 8 nitrogen and oxygen atoms in total. The van der Waals surface area contributed by atoms with E-state index >= 15 is 0 Å². The number of anilines is 1. The summed E-state index contributed by atoms with van der Waals surface area (Å²) in [5.74, 6) is -1.00. The maximum Gasteiger partial charge on any atom is 0.417 e. The van der Waals surface area contributed by atoms with Crippen LogP contribution in [-0.2, 0) is 18.0 Å². The van der Waals surface area contributed by atoms with Crippen molar-refractivity contribution < 1.29 is 27.1 Å². The summed E-state index contributed by atoms with van der Waals surface area (Å²) in [6, 6.07) is 3.98. The number of pyridine rings is 2. The number of hydrogen-bond acceptors (Lipinski definition) is 6. The van der Waals surface area contributed by atoms with Crippen molar-refractivity contribution in [1.82, 2.24) is 24.6 Å². The van der Waals surface area contributed by atoms with Gasteiger partial charge in [-0.1, -0.05) is 0 Å². The number of halogens is 4. The number of alkyl halides is 3.